The number of piperidine rings is 1. The van der Waals surface area contributed by atoms with Gasteiger partial charge in [-0.15, -0.1) is 0 Å². The summed E-state index contributed by atoms with van der Waals surface area (Å²) in [4.78, 5) is 14.4. The van der Waals surface area contributed by atoms with E-state index in [0.717, 1.165) is 65.1 Å². The van der Waals surface area contributed by atoms with Crippen LogP contribution in [0.15, 0.2) is 0 Å². The van der Waals surface area contributed by atoms with E-state index in [1.807, 2.05) is 0 Å². The second kappa shape index (κ2) is 7.10. The van der Waals surface area contributed by atoms with Gasteiger partial charge >= 0.3 is 0 Å². The first-order chi connectivity index (χ1) is 8.81. The molecule has 4 heteroatoms. The van der Waals surface area contributed by atoms with Gasteiger partial charge in [0.15, 0.2) is 0 Å². The molecule has 0 aliphatic carbocycles. The van der Waals surface area contributed by atoms with Crippen LogP contribution in [0.25, 0.3) is 0 Å². The van der Waals surface area contributed by atoms with Gasteiger partial charge in [-0.3, -0.25) is 4.79 Å². The Kier molecular flexibility index (Phi) is 5.45. The summed E-state index contributed by atoms with van der Waals surface area (Å²) in [5.41, 5.74) is 0. The van der Waals surface area contributed by atoms with Gasteiger partial charge in [0.25, 0.3) is 0 Å². The van der Waals surface area contributed by atoms with Crippen LogP contribution in [0.1, 0.15) is 32.6 Å². The first-order valence-electron chi connectivity index (χ1n) is 7.38. The van der Waals surface area contributed by atoms with Crippen molar-refractivity contribution >= 4 is 5.91 Å². The van der Waals surface area contributed by atoms with Crippen LogP contribution < -0.4 is 5.32 Å². The molecule has 2 saturated heterocycles. The van der Waals surface area contributed by atoms with Gasteiger partial charge in [-0.2, -0.15) is 0 Å². The van der Waals surface area contributed by atoms with Crippen molar-refractivity contribution in [1.29, 1.82) is 0 Å². The lowest BCUT2D eigenvalue weighted by Gasteiger charge is -2.26. The lowest BCUT2D eigenvalue weighted by atomic mass is 9.97. The zero-order valence-corrected chi connectivity index (χ0v) is 11.5. The Morgan fingerprint density at radius 1 is 1.33 bits per heavy atom. The number of hydrogen-bond donors (Lipinski definition) is 1. The Hall–Kier alpha value is -0.610. The number of amides is 1. The van der Waals surface area contributed by atoms with Crippen LogP contribution in [0.3, 0.4) is 0 Å². The van der Waals surface area contributed by atoms with Crippen molar-refractivity contribution in [1.82, 2.24) is 10.2 Å². The molecule has 0 radical (unpaired) electrons. The molecule has 1 amide bonds. The third kappa shape index (κ3) is 3.69. The molecule has 1 unspecified atom stereocenters. The molecule has 104 valence electrons. The maximum atomic E-state index is 12.3. The van der Waals surface area contributed by atoms with Gasteiger partial charge in [-0.1, -0.05) is 6.92 Å². The molecule has 2 fully saturated rings. The highest BCUT2D eigenvalue weighted by atomic mass is 16.5. The Balaban J connectivity index is 1.72. The Morgan fingerprint density at radius 2 is 2.11 bits per heavy atom. The van der Waals surface area contributed by atoms with Gasteiger partial charge in [0.1, 0.15) is 0 Å². The number of carbonyl (C=O) groups is 1. The SMILES string of the molecule is CCCOCC1CCN(C(=O)C2CCNCC2)C1. The predicted octanol–water partition coefficient (Wildman–Crippen LogP) is 1.26. The molecular formula is C14H26N2O2. The molecule has 0 spiro atoms. The monoisotopic (exact) mass is 254 g/mol. The average Bonchev–Trinajstić information content (AvgIpc) is 2.88. The van der Waals surface area contributed by atoms with Crippen LogP contribution in [-0.4, -0.2) is 50.2 Å². The molecule has 2 aliphatic rings. The van der Waals surface area contributed by atoms with Crippen molar-refractivity contribution < 1.29 is 9.53 Å². The largest absolute Gasteiger partial charge is 0.381 e. The predicted molar refractivity (Wildman–Crippen MR) is 71.4 cm³/mol. The molecule has 0 aromatic heterocycles. The van der Waals surface area contributed by atoms with E-state index in [1.165, 1.54) is 0 Å². The number of carbonyl (C=O) groups excluding carboxylic acids is 1. The number of nitrogens with one attached hydrogen (secondary N) is 1. The highest BCUT2D eigenvalue weighted by Crippen LogP contribution is 2.22. The van der Waals surface area contributed by atoms with Crippen LogP contribution >= 0.6 is 0 Å². The van der Waals surface area contributed by atoms with Crippen molar-refractivity contribution in [3.8, 4) is 0 Å². The third-order valence-electron chi connectivity index (χ3n) is 3.99. The Labute approximate surface area is 110 Å². The van der Waals surface area contributed by atoms with E-state index in [2.05, 4.69) is 17.1 Å². The molecule has 0 aromatic rings. The van der Waals surface area contributed by atoms with E-state index >= 15 is 0 Å². The maximum absolute atomic E-state index is 12.3. The molecule has 2 heterocycles. The lowest BCUT2D eigenvalue weighted by molar-refractivity contribution is -0.135. The standard InChI is InChI=1S/C14H26N2O2/c1-2-9-18-11-12-5-8-16(10-12)14(17)13-3-6-15-7-4-13/h12-13,15H,2-11H2,1H3. The van der Waals surface area contributed by atoms with Crippen LogP contribution in [0.2, 0.25) is 0 Å². The highest BCUT2D eigenvalue weighted by molar-refractivity contribution is 5.79. The minimum Gasteiger partial charge on any atom is -0.381 e. The molecule has 0 bridgehead atoms. The van der Waals surface area contributed by atoms with E-state index in [-0.39, 0.29) is 5.92 Å². The number of rotatable bonds is 5. The molecule has 2 rings (SSSR count). The van der Waals surface area contributed by atoms with E-state index in [9.17, 15) is 4.79 Å². The number of ether oxygens (including phenoxy) is 1. The lowest BCUT2D eigenvalue weighted by Crippen LogP contribution is -2.40. The van der Waals surface area contributed by atoms with E-state index in [4.69, 9.17) is 4.74 Å². The molecule has 2 aliphatic heterocycles. The van der Waals surface area contributed by atoms with Gasteiger partial charge in [-0.05, 0) is 38.8 Å². The van der Waals surface area contributed by atoms with Crippen molar-refractivity contribution in [3.63, 3.8) is 0 Å². The number of likely N-dealkylation sites (tertiary alicyclic amines) is 1. The van der Waals surface area contributed by atoms with Gasteiger partial charge in [0.2, 0.25) is 5.91 Å². The fraction of sp³-hybridized carbons (Fsp3) is 0.929. The second-order valence-corrected chi connectivity index (χ2v) is 5.54. The number of nitrogens with zero attached hydrogens (tertiary/aromatic N) is 1. The zero-order chi connectivity index (χ0) is 12.8. The minimum absolute atomic E-state index is 0.265. The number of hydrogen-bond acceptors (Lipinski definition) is 3. The summed E-state index contributed by atoms with van der Waals surface area (Å²) in [6.45, 7) is 7.63. The molecule has 0 aromatic carbocycles. The topological polar surface area (TPSA) is 41.6 Å². The van der Waals surface area contributed by atoms with E-state index in [0.29, 0.717) is 11.8 Å². The normalized spacial score (nSPS) is 25.6. The van der Waals surface area contributed by atoms with Gasteiger partial charge in [-0.25, -0.2) is 0 Å². The van der Waals surface area contributed by atoms with Crippen LogP contribution in [0.5, 0.6) is 0 Å². The first-order valence-corrected chi connectivity index (χ1v) is 7.38. The fourth-order valence-corrected chi connectivity index (χ4v) is 2.89. The summed E-state index contributed by atoms with van der Waals surface area (Å²) in [7, 11) is 0. The summed E-state index contributed by atoms with van der Waals surface area (Å²) in [5, 5.41) is 3.31. The average molecular weight is 254 g/mol. The molecule has 1 atom stereocenters. The summed E-state index contributed by atoms with van der Waals surface area (Å²) < 4.78 is 5.59. The molecule has 4 nitrogen and oxygen atoms in total. The first kappa shape index (κ1) is 13.8. The van der Waals surface area contributed by atoms with Crippen molar-refractivity contribution in [2.75, 3.05) is 39.4 Å². The quantitative estimate of drug-likeness (QED) is 0.751. The second-order valence-electron chi connectivity index (χ2n) is 5.54. The zero-order valence-electron chi connectivity index (χ0n) is 11.5. The molecular weight excluding hydrogens is 228 g/mol. The van der Waals surface area contributed by atoms with Gasteiger partial charge < -0.3 is 15.0 Å². The molecule has 18 heavy (non-hydrogen) atoms. The van der Waals surface area contributed by atoms with Crippen molar-refractivity contribution in [2.45, 2.75) is 32.6 Å². The summed E-state index contributed by atoms with van der Waals surface area (Å²) in [6, 6.07) is 0. The van der Waals surface area contributed by atoms with E-state index in [1.54, 1.807) is 0 Å². The smallest absolute Gasteiger partial charge is 0.225 e. The Bertz CT molecular complexity index is 265. The maximum Gasteiger partial charge on any atom is 0.225 e. The fourth-order valence-electron chi connectivity index (χ4n) is 2.89. The third-order valence-corrected chi connectivity index (χ3v) is 3.99. The summed E-state index contributed by atoms with van der Waals surface area (Å²) >= 11 is 0. The molecule has 0 saturated carbocycles. The summed E-state index contributed by atoms with van der Waals surface area (Å²) in [5.74, 6) is 1.21. The van der Waals surface area contributed by atoms with Crippen molar-refractivity contribution in [2.24, 2.45) is 11.8 Å². The van der Waals surface area contributed by atoms with Crippen LogP contribution in [0, 0.1) is 11.8 Å². The molecule has 1 N–H and O–H groups in total. The van der Waals surface area contributed by atoms with Crippen LogP contribution in [0.4, 0.5) is 0 Å². The Morgan fingerprint density at radius 3 is 2.83 bits per heavy atom. The van der Waals surface area contributed by atoms with Gasteiger partial charge in [0.05, 0.1) is 6.61 Å². The van der Waals surface area contributed by atoms with Gasteiger partial charge in [0, 0.05) is 31.5 Å². The van der Waals surface area contributed by atoms with Crippen LogP contribution in [-0.2, 0) is 9.53 Å². The highest BCUT2D eigenvalue weighted by Gasteiger charge is 2.31. The summed E-state index contributed by atoms with van der Waals surface area (Å²) in [6.07, 6.45) is 4.20. The minimum atomic E-state index is 0.265. The van der Waals surface area contributed by atoms with Crippen molar-refractivity contribution in [3.05, 3.63) is 0 Å². The van der Waals surface area contributed by atoms with E-state index < -0.39 is 0 Å².